The molecule has 1 heterocycles. The summed E-state index contributed by atoms with van der Waals surface area (Å²) in [6, 6.07) is 17.1. The van der Waals surface area contributed by atoms with Crippen LogP contribution in [0.4, 0.5) is 0 Å². The van der Waals surface area contributed by atoms with E-state index in [1.54, 1.807) is 11.0 Å². The van der Waals surface area contributed by atoms with E-state index in [9.17, 15) is 13.2 Å². The standard InChI is InChI=1S/C23H28N2O4S/c1-2-29-22-11-7-6-10-21(22)12-13-23(26)24-15-17-25(18-16-24)30(27,28)19-14-20-8-4-3-5-9-20/h3-11,14,19H,2,12-13,15-18H2,1H3/b19-14+. The second kappa shape index (κ2) is 10.4. The first-order valence-corrected chi connectivity index (χ1v) is 11.7. The summed E-state index contributed by atoms with van der Waals surface area (Å²) in [5, 5.41) is 1.24. The maximum absolute atomic E-state index is 12.6. The fourth-order valence-corrected chi connectivity index (χ4v) is 4.59. The van der Waals surface area contributed by atoms with E-state index in [-0.39, 0.29) is 5.91 Å². The number of aryl methyl sites for hydroxylation is 1. The molecule has 2 aromatic rings. The lowest BCUT2D eigenvalue weighted by atomic mass is 10.1. The van der Waals surface area contributed by atoms with Gasteiger partial charge in [-0.2, -0.15) is 4.31 Å². The first-order chi connectivity index (χ1) is 14.5. The van der Waals surface area contributed by atoms with Gasteiger partial charge in [0.2, 0.25) is 15.9 Å². The van der Waals surface area contributed by atoms with Crippen molar-refractivity contribution >= 4 is 22.0 Å². The molecule has 0 bridgehead atoms. The van der Waals surface area contributed by atoms with Gasteiger partial charge in [0, 0.05) is 38.0 Å². The molecular formula is C23H28N2O4S. The molecule has 0 aromatic heterocycles. The molecule has 0 atom stereocenters. The Bertz CT molecular complexity index is 966. The summed E-state index contributed by atoms with van der Waals surface area (Å²) in [5.74, 6) is 0.854. The normalized spacial score (nSPS) is 15.4. The lowest BCUT2D eigenvalue weighted by molar-refractivity contribution is -0.132. The highest BCUT2D eigenvalue weighted by Gasteiger charge is 2.27. The van der Waals surface area contributed by atoms with Gasteiger partial charge in [0.15, 0.2) is 0 Å². The van der Waals surface area contributed by atoms with Crippen LogP contribution in [0.3, 0.4) is 0 Å². The summed E-state index contributed by atoms with van der Waals surface area (Å²) in [7, 11) is -3.50. The summed E-state index contributed by atoms with van der Waals surface area (Å²) in [6.45, 7) is 3.95. The molecule has 7 heteroatoms. The van der Waals surface area contributed by atoms with E-state index >= 15 is 0 Å². The van der Waals surface area contributed by atoms with E-state index in [1.165, 1.54) is 9.71 Å². The highest BCUT2D eigenvalue weighted by atomic mass is 32.2. The molecule has 160 valence electrons. The van der Waals surface area contributed by atoms with E-state index in [4.69, 9.17) is 4.74 Å². The molecular weight excluding hydrogens is 400 g/mol. The molecule has 1 aliphatic rings. The summed E-state index contributed by atoms with van der Waals surface area (Å²) >= 11 is 0. The minimum Gasteiger partial charge on any atom is -0.494 e. The molecule has 6 nitrogen and oxygen atoms in total. The highest BCUT2D eigenvalue weighted by Crippen LogP contribution is 2.20. The van der Waals surface area contributed by atoms with Gasteiger partial charge in [-0.15, -0.1) is 0 Å². The Morgan fingerprint density at radius 3 is 2.37 bits per heavy atom. The minimum atomic E-state index is -3.50. The van der Waals surface area contributed by atoms with Crippen LogP contribution in [-0.2, 0) is 21.2 Å². The van der Waals surface area contributed by atoms with Gasteiger partial charge in [-0.3, -0.25) is 4.79 Å². The highest BCUT2D eigenvalue weighted by molar-refractivity contribution is 7.92. The van der Waals surface area contributed by atoms with Crippen LogP contribution in [0.1, 0.15) is 24.5 Å². The number of piperazine rings is 1. The summed E-state index contributed by atoms with van der Waals surface area (Å²) < 4.78 is 32.2. The predicted octanol–water partition coefficient (Wildman–Crippen LogP) is 3.16. The molecule has 0 unspecified atom stereocenters. The number of hydrogen-bond donors (Lipinski definition) is 0. The number of sulfonamides is 1. The van der Waals surface area contributed by atoms with Gasteiger partial charge in [-0.1, -0.05) is 48.5 Å². The summed E-state index contributed by atoms with van der Waals surface area (Å²) in [4.78, 5) is 14.4. The van der Waals surface area contributed by atoms with Gasteiger partial charge in [0.05, 0.1) is 6.61 Å². The molecule has 1 saturated heterocycles. The molecule has 0 aliphatic carbocycles. The zero-order chi connectivity index (χ0) is 21.4. The van der Waals surface area contributed by atoms with Gasteiger partial charge in [-0.25, -0.2) is 8.42 Å². The maximum atomic E-state index is 12.6. The molecule has 1 amide bonds. The Balaban J connectivity index is 1.51. The predicted molar refractivity (Wildman–Crippen MR) is 118 cm³/mol. The molecule has 1 fully saturated rings. The van der Waals surface area contributed by atoms with Crippen molar-refractivity contribution < 1.29 is 17.9 Å². The first kappa shape index (κ1) is 22.1. The molecule has 2 aromatic carbocycles. The minimum absolute atomic E-state index is 0.0400. The van der Waals surface area contributed by atoms with Crippen molar-refractivity contribution in [3.05, 3.63) is 71.1 Å². The second-order valence-corrected chi connectivity index (χ2v) is 8.90. The number of benzene rings is 2. The third-order valence-corrected chi connectivity index (χ3v) is 6.63. The van der Waals surface area contributed by atoms with Crippen LogP contribution in [0, 0.1) is 0 Å². The van der Waals surface area contributed by atoms with Crippen LogP contribution in [-0.4, -0.2) is 56.3 Å². The Morgan fingerprint density at radius 2 is 1.67 bits per heavy atom. The Labute approximate surface area is 178 Å². The molecule has 3 rings (SSSR count). The second-order valence-electron chi connectivity index (χ2n) is 7.08. The lowest BCUT2D eigenvalue weighted by Crippen LogP contribution is -2.50. The van der Waals surface area contributed by atoms with Crippen molar-refractivity contribution in [1.29, 1.82) is 0 Å². The van der Waals surface area contributed by atoms with E-state index in [0.29, 0.717) is 45.6 Å². The van der Waals surface area contributed by atoms with Crippen molar-refractivity contribution in [2.24, 2.45) is 0 Å². The van der Waals surface area contributed by atoms with E-state index < -0.39 is 10.0 Å². The van der Waals surface area contributed by atoms with Crippen molar-refractivity contribution in [3.63, 3.8) is 0 Å². The Kier molecular flexibility index (Phi) is 7.65. The van der Waals surface area contributed by atoms with Gasteiger partial charge < -0.3 is 9.64 Å². The van der Waals surface area contributed by atoms with Crippen LogP contribution >= 0.6 is 0 Å². The van der Waals surface area contributed by atoms with Crippen LogP contribution in [0.15, 0.2) is 60.0 Å². The van der Waals surface area contributed by atoms with Gasteiger partial charge >= 0.3 is 0 Å². The maximum Gasteiger partial charge on any atom is 0.236 e. The van der Waals surface area contributed by atoms with Crippen LogP contribution < -0.4 is 4.74 Å². The van der Waals surface area contributed by atoms with Crippen molar-refractivity contribution in [2.45, 2.75) is 19.8 Å². The number of hydrogen-bond acceptors (Lipinski definition) is 4. The molecule has 1 aliphatic heterocycles. The topological polar surface area (TPSA) is 66.9 Å². The molecule has 30 heavy (non-hydrogen) atoms. The van der Waals surface area contributed by atoms with E-state index in [2.05, 4.69) is 0 Å². The quantitative estimate of drug-likeness (QED) is 0.648. The number of carbonyl (C=O) groups excluding carboxylic acids is 1. The van der Waals surface area contributed by atoms with Crippen LogP contribution in [0.25, 0.3) is 6.08 Å². The number of rotatable bonds is 8. The Morgan fingerprint density at radius 1 is 1.00 bits per heavy atom. The lowest BCUT2D eigenvalue weighted by Gasteiger charge is -2.33. The number of carbonyl (C=O) groups is 1. The molecule has 0 spiro atoms. The molecule has 0 N–H and O–H groups in total. The number of amides is 1. The zero-order valence-corrected chi connectivity index (χ0v) is 18.1. The van der Waals surface area contributed by atoms with Crippen LogP contribution in [0.5, 0.6) is 5.75 Å². The fraction of sp³-hybridized carbons (Fsp3) is 0.348. The van der Waals surface area contributed by atoms with E-state index in [1.807, 2.05) is 61.5 Å². The summed E-state index contributed by atoms with van der Waals surface area (Å²) in [6.07, 6.45) is 2.58. The fourth-order valence-electron chi connectivity index (χ4n) is 3.41. The number of ether oxygens (including phenoxy) is 1. The largest absolute Gasteiger partial charge is 0.494 e. The van der Waals surface area contributed by atoms with Crippen molar-refractivity contribution in [1.82, 2.24) is 9.21 Å². The smallest absolute Gasteiger partial charge is 0.236 e. The SMILES string of the molecule is CCOc1ccccc1CCC(=O)N1CCN(S(=O)(=O)/C=C/c2ccccc2)CC1. The zero-order valence-electron chi connectivity index (χ0n) is 17.2. The van der Waals surface area contributed by atoms with Gasteiger partial charge in [-0.05, 0) is 36.6 Å². The average molecular weight is 429 g/mol. The molecule has 0 radical (unpaired) electrons. The third-order valence-electron chi connectivity index (χ3n) is 5.06. The van der Waals surface area contributed by atoms with E-state index in [0.717, 1.165) is 16.9 Å². The van der Waals surface area contributed by atoms with Crippen LogP contribution in [0.2, 0.25) is 0 Å². The Hall–Kier alpha value is -2.64. The number of para-hydroxylation sites is 1. The van der Waals surface area contributed by atoms with Crippen molar-refractivity contribution in [2.75, 3.05) is 32.8 Å². The first-order valence-electron chi connectivity index (χ1n) is 10.2. The monoisotopic (exact) mass is 428 g/mol. The third kappa shape index (κ3) is 5.93. The van der Waals surface area contributed by atoms with Gasteiger partial charge in [0.1, 0.15) is 5.75 Å². The average Bonchev–Trinajstić information content (AvgIpc) is 2.78. The molecule has 0 saturated carbocycles. The van der Waals surface area contributed by atoms with Crippen molar-refractivity contribution in [3.8, 4) is 5.75 Å². The van der Waals surface area contributed by atoms with Gasteiger partial charge in [0.25, 0.3) is 0 Å². The number of nitrogens with zero attached hydrogens (tertiary/aromatic N) is 2. The summed E-state index contributed by atoms with van der Waals surface area (Å²) in [5.41, 5.74) is 1.85.